The van der Waals surface area contributed by atoms with E-state index in [-0.39, 0.29) is 12.0 Å². The highest BCUT2D eigenvalue weighted by Gasteiger charge is 2.35. The van der Waals surface area contributed by atoms with Gasteiger partial charge in [0.2, 0.25) is 0 Å². The lowest BCUT2D eigenvalue weighted by atomic mass is 9.94. The highest BCUT2D eigenvalue weighted by Crippen LogP contribution is 2.34. The van der Waals surface area contributed by atoms with Crippen molar-refractivity contribution in [2.45, 2.75) is 44.2 Å². The molecule has 4 heterocycles. The van der Waals surface area contributed by atoms with Crippen LogP contribution in [-0.2, 0) is 22.5 Å². The second kappa shape index (κ2) is 6.64. The molecular weight excluding hydrogens is 324 g/mol. The first-order valence-electron chi connectivity index (χ1n) is 8.54. The largest absolute Gasteiger partial charge is 0.468 e. The van der Waals surface area contributed by atoms with Crippen LogP contribution in [0, 0.1) is 0 Å². The van der Waals surface area contributed by atoms with Gasteiger partial charge in [0.25, 0.3) is 0 Å². The molecule has 0 radical (unpaired) electrons. The van der Waals surface area contributed by atoms with Crippen LogP contribution >= 0.6 is 11.3 Å². The number of aromatic nitrogens is 3. The van der Waals surface area contributed by atoms with Gasteiger partial charge < -0.3 is 9.30 Å². The number of hydrogen-bond acceptors (Lipinski definition) is 6. The first-order chi connectivity index (χ1) is 11.8. The van der Waals surface area contributed by atoms with Crippen LogP contribution in [0.25, 0.3) is 0 Å². The zero-order valence-electron chi connectivity index (χ0n) is 13.9. The summed E-state index contributed by atoms with van der Waals surface area (Å²) in [4.78, 5) is 14.6. The maximum atomic E-state index is 12.4. The van der Waals surface area contributed by atoms with E-state index < -0.39 is 0 Å². The van der Waals surface area contributed by atoms with Gasteiger partial charge in [-0.1, -0.05) is 0 Å². The predicted octanol–water partition coefficient (Wildman–Crippen LogP) is 2.38. The molecule has 0 aliphatic carbocycles. The third-order valence-corrected chi connectivity index (χ3v) is 5.81. The van der Waals surface area contributed by atoms with Crippen LogP contribution in [-0.4, -0.2) is 45.8 Å². The molecule has 2 aliphatic rings. The minimum Gasteiger partial charge on any atom is -0.468 e. The predicted molar refractivity (Wildman–Crippen MR) is 91.0 cm³/mol. The van der Waals surface area contributed by atoms with E-state index in [1.807, 2.05) is 16.8 Å². The van der Waals surface area contributed by atoms with Gasteiger partial charge in [-0.3, -0.25) is 4.90 Å². The van der Waals surface area contributed by atoms with Crippen LogP contribution in [0.4, 0.5) is 0 Å². The summed E-state index contributed by atoms with van der Waals surface area (Å²) in [5.74, 6) is 2.37. The molecule has 0 aromatic carbocycles. The van der Waals surface area contributed by atoms with Gasteiger partial charge in [0.1, 0.15) is 17.7 Å². The molecule has 6 nitrogen and oxygen atoms in total. The van der Waals surface area contributed by atoms with E-state index in [2.05, 4.69) is 19.7 Å². The standard InChI is InChI=1S/C17H22N4O2S/c1-23-17(22)15(13-6-9-24-11-13)20-7-2-4-12(10-20)16-19-18-14-5-3-8-21(14)16/h6,9,11-12,15H,2-5,7-8,10H2,1H3/t12-,15-/m0/s1. The van der Waals surface area contributed by atoms with Gasteiger partial charge >= 0.3 is 5.97 Å². The normalized spacial score (nSPS) is 22.3. The Kier molecular flexibility index (Phi) is 4.37. The summed E-state index contributed by atoms with van der Waals surface area (Å²) in [5.41, 5.74) is 1.03. The van der Waals surface area contributed by atoms with Crippen molar-refractivity contribution in [3.8, 4) is 0 Å². The molecule has 1 fully saturated rings. The Bertz CT molecular complexity index is 712. The molecule has 0 saturated carbocycles. The fourth-order valence-corrected chi connectivity index (χ4v) is 4.64. The number of likely N-dealkylation sites (tertiary alicyclic amines) is 1. The number of aryl methyl sites for hydroxylation is 1. The number of carbonyl (C=O) groups excluding carboxylic acids is 1. The first kappa shape index (κ1) is 15.8. The fraction of sp³-hybridized carbons (Fsp3) is 0.588. The Morgan fingerprint density at radius 1 is 1.38 bits per heavy atom. The van der Waals surface area contributed by atoms with Crippen LogP contribution in [0.5, 0.6) is 0 Å². The molecule has 0 unspecified atom stereocenters. The number of carbonyl (C=O) groups is 1. The van der Waals surface area contributed by atoms with E-state index in [4.69, 9.17) is 4.74 Å². The number of methoxy groups -OCH3 is 1. The van der Waals surface area contributed by atoms with Gasteiger partial charge in [-0.05, 0) is 48.2 Å². The molecule has 0 spiro atoms. The molecule has 24 heavy (non-hydrogen) atoms. The van der Waals surface area contributed by atoms with E-state index in [0.717, 1.165) is 62.5 Å². The molecule has 128 valence electrons. The van der Waals surface area contributed by atoms with Gasteiger partial charge in [0.15, 0.2) is 0 Å². The number of esters is 1. The van der Waals surface area contributed by atoms with Gasteiger partial charge in [0.05, 0.1) is 7.11 Å². The first-order valence-corrected chi connectivity index (χ1v) is 9.48. The summed E-state index contributed by atoms with van der Waals surface area (Å²) in [5, 5.41) is 12.9. The fourth-order valence-electron chi connectivity index (χ4n) is 3.96. The highest BCUT2D eigenvalue weighted by molar-refractivity contribution is 7.08. The van der Waals surface area contributed by atoms with Crippen LogP contribution in [0.3, 0.4) is 0 Å². The Balaban J connectivity index is 1.58. The number of ether oxygens (including phenoxy) is 1. The van der Waals surface area contributed by atoms with Gasteiger partial charge in [-0.25, -0.2) is 4.79 Å². The smallest absolute Gasteiger partial charge is 0.327 e. The maximum Gasteiger partial charge on any atom is 0.327 e. The monoisotopic (exact) mass is 346 g/mol. The number of piperidine rings is 1. The maximum absolute atomic E-state index is 12.4. The van der Waals surface area contributed by atoms with Crippen LogP contribution < -0.4 is 0 Å². The summed E-state index contributed by atoms with van der Waals surface area (Å²) in [6.07, 6.45) is 4.35. The Hall–Kier alpha value is -1.73. The molecule has 0 N–H and O–H groups in total. The molecule has 2 aromatic heterocycles. The molecule has 7 heteroatoms. The van der Waals surface area contributed by atoms with E-state index in [0.29, 0.717) is 5.92 Å². The summed E-state index contributed by atoms with van der Waals surface area (Å²) < 4.78 is 7.36. The number of hydrogen-bond donors (Lipinski definition) is 0. The number of thiophene rings is 1. The quantitative estimate of drug-likeness (QED) is 0.796. The summed E-state index contributed by atoms with van der Waals surface area (Å²) >= 11 is 1.61. The van der Waals surface area contributed by atoms with Crippen molar-refractivity contribution in [3.63, 3.8) is 0 Å². The molecule has 1 saturated heterocycles. The summed E-state index contributed by atoms with van der Waals surface area (Å²) in [7, 11) is 1.47. The lowest BCUT2D eigenvalue weighted by Gasteiger charge is -2.36. The summed E-state index contributed by atoms with van der Waals surface area (Å²) in [6.45, 7) is 2.76. The molecule has 4 rings (SSSR count). The molecule has 2 aromatic rings. The molecule has 2 aliphatic heterocycles. The van der Waals surface area contributed by atoms with Crippen molar-refractivity contribution < 1.29 is 9.53 Å². The number of fused-ring (bicyclic) bond motifs is 1. The Morgan fingerprint density at radius 3 is 3.08 bits per heavy atom. The van der Waals surface area contributed by atoms with Crippen molar-refractivity contribution in [1.29, 1.82) is 0 Å². The van der Waals surface area contributed by atoms with Crippen LogP contribution in [0.2, 0.25) is 0 Å². The zero-order chi connectivity index (χ0) is 16.5. The van der Waals surface area contributed by atoms with Crippen molar-refractivity contribution in [2.75, 3.05) is 20.2 Å². The SMILES string of the molecule is COC(=O)[C@H](c1ccsc1)N1CCC[C@H](c2nnc3n2CCC3)C1. The number of rotatable bonds is 4. The van der Waals surface area contributed by atoms with E-state index in [1.165, 1.54) is 7.11 Å². The zero-order valence-corrected chi connectivity index (χ0v) is 14.7. The van der Waals surface area contributed by atoms with Crippen molar-refractivity contribution >= 4 is 17.3 Å². The van der Waals surface area contributed by atoms with Crippen LogP contribution in [0.1, 0.15) is 48.4 Å². The second-order valence-electron chi connectivity index (χ2n) is 6.55. The van der Waals surface area contributed by atoms with Crippen molar-refractivity contribution in [3.05, 3.63) is 34.0 Å². The lowest BCUT2D eigenvalue weighted by molar-refractivity contribution is -0.147. The third kappa shape index (κ3) is 2.75. The van der Waals surface area contributed by atoms with E-state index >= 15 is 0 Å². The molecule has 0 bridgehead atoms. The van der Waals surface area contributed by atoms with Gasteiger partial charge in [-0.15, -0.1) is 10.2 Å². The van der Waals surface area contributed by atoms with E-state index in [9.17, 15) is 4.79 Å². The van der Waals surface area contributed by atoms with Gasteiger partial charge in [-0.2, -0.15) is 11.3 Å². The molecule has 2 atom stereocenters. The third-order valence-electron chi connectivity index (χ3n) is 5.10. The van der Waals surface area contributed by atoms with Crippen LogP contribution in [0.15, 0.2) is 16.8 Å². The second-order valence-corrected chi connectivity index (χ2v) is 7.33. The molecular formula is C17H22N4O2S. The highest BCUT2D eigenvalue weighted by atomic mass is 32.1. The van der Waals surface area contributed by atoms with E-state index in [1.54, 1.807) is 11.3 Å². The summed E-state index contributed by atoms with van der Waals surface area (Å²) in [6, 6.07) is 1.70. The molecule has 0 amide bonds. The Morgan fingerprint density at radius 2 is 2.29 bits per heavy atom. The average molecular weight is 346 g/mol. The minimum absolute atomic E-state index is 0.180. The average Bonchev–Trinajstić information content (AvgIpc) is 3.33. The van der Waals surface area contributed by atoms with Crippen molar-refractivity contribution in [2.24, 2.45) is 0 Å². The number of nitrogens with zero attached hydrogens (tertiary/aromatic N) is 4. The van der Waals surface area contributed by atoms with Gasteiger partial charge in [0, 0.05) is 25.4 Å². The van der Waals surface area contributed by atoms with Crippen molar-refractivity contribution in [1.82, 2.24) is 19.7 Å². The lowest BCUT2D eigenvalue weighted by Crippen LogP contribution is -2.41. The Labute approximate surface area is 145 Å². The minimum atomic E-state index is -0.315. The topological polar surface area (TPSA) is 60.2 Å².